The largest absolute Gasteiger partial charge is 0.319 e. The molecule has 0 saturated heterocycles. The summed E-state index contributed by atoms with van der Waals surface area (Å²) in [6.07, 6.45) is 0. The van der Waals surface area contributed by atoms with Crippen molar-refractivity contribution >= 4 is 17.3 Å². The van der Waals surface area contributed by atoms with E-state index in [9.17, 15) is 19.3 Å². The second kappa shape index (κ2) is 7.85. The molecule has 2 N–H and O–H groups in total. The summed E-state index contributed by atoms with van der Waals surface area (Å²) < 4.78 is 13.7. The minimum absolute atomic E-state index is 0.0972. The Hall–Kier alpha value is -2.80. The number of nitrogens with zero attached hydrogens (tertiary/aromatic N) is 1. The van der Waals surface area contributed by atoms with Crippen molar-refractivity contribution in [2.24, 2.45) is 0 Å². The number of nitro groups is 1. The number of carbonyl (C=O) groups is 1. The van der Waals surface area contributed by atoms with Gasteiger partial charge in [0.1, 0.15) is 11.5 Å². The molecule has 0 aromatic heterocycles. The van der Waals surface area contributed by atoms with Crippen molar-refractivity contribution in [3.8, 4) is 0 Å². The fourth-order valence-corrected chi connectivity index (χ4v) is 2.48. The Labute approximate surface area is 145 Å². The third-order valence-corrected chi connectivity index (χ3v) is 4.12. The Morgan fingerprint density at radius 3 is 2.56 bits per heavy atom. The molecular formula is C18H20FN3O3. The van der Waals surface area contributed by atoms with E-state index in [1.165, 1.54) is 12.1 Å². The fourth-order valence-electron chi connectivity index (χ4n) is 2.48. The monoisotopic (exact) mass is 345 g/mol. The summed E-state index contributed by atoms with van der Waals surface area (Å²) in [5, 5.41) is 16.7. The molecule has 2 rings (SSSR count). The third kappa shape index (κ3) is 4.39. The van der Waals surface area contributed by atoms with Crippen LogP contribution < -0.4 is 10.6 Å². The van der Waals surface area contributed by atoms with Gasteiger partial charge in [0.05, 0.1) is 11.5 Å². The number of carbonyl (C=O) groups excluding carboxylic acids is 1. The van der Waals surface area contributed by atoms with Crippen molar-refractivity contribution in [3.63, 3.8) is 0 Å². The molecule has 25 heavy (non-hydrogen) atoms. The summed E-state index contributed by atoms with van der Waals surface area (Å²) in [4.78, 5) is 22.8. The number of aryl methyl sites for hydroxylation is 1. The van der Waals surface area contributed by atoms with Crippen LogP contribution in [0.1, 0.15) is 29.7 Å². The lowest BCUT2D eigenvalue weighted by molar-refractivity contribution is -0.384. The molecule has 0 fully saturated rings. The first kappa shape index (κ1) is 18.5. The summed E-state index contributed by atoms with van der Waals surface area (Å²) in [6.45, 7) is 5.17. The number of nitrogens with one attached hydrogen (secondary N) is 2. The smallest absolute Gasteiger partial charge is 0.293 e. The van der Waals surface area contributed by atoms with Gasteiger partial charge in [-0.25, -0.2) is 4.39 Å². The van der Waals surface area contributed by atoms with E-state index >= 15 is 0 Å². The molecule has 0 aliphatic carbocycles. The molecule has 6 nitrogen and oxygen atoms in total. The molecule has 132 valence electrons. The number of hydrogen-bond acceptors (Lipinski definition) is 4. The van der Waals surface area contributed by atoms with Crippen LogP contribution in [0.15, 0.2) is 36.4 Å². The van der Waals surface area contributed by atoms with E-state index in [1.807, 2.05) is 6.92 Å². The quantitative estimate of drug-likeness (QED) is 0.618. The summed E-state index contributed by atoms with van der Waals surface area (Å²) in [5.41, 5.74) is 1.97. The Morgan fingerprint density at radius 1 is 1.24 bits per heavy atom. The Balaban J connectivity index is 2.07. The van der Waals surface area contributed by atoms with Crippen LogP contribution in [0, 0.1) is 29.8 Å². The molecule has 1 unspecified atom stereocenters. The molecule has 0 bridgehead atoms. The maximum atomic E-state index is 13.7. The molecule has 1 atom stereocenters. The lowest BCUT2D eigenvalue weighted by atomic mass is 10.1. The standard InChI is InChI=1S/C18H20FN3O3/c1-11-8-9-16(22(24)25)18(12(11)2)21-17(23)10-20-13(3)14-6-4-5-7-15(14)19/h4-9,13,20H,10H2,1-3H3,(H,21,23). The Kier molecular flexibility index (Phi) is 5.82. The molecule has 0 aliphatic heterocycles. The zero-order valence-corrected chi connectivity index (χ0v) is 14.3. The van der Waals surface area contributed by atoms with E-state index < -0.39 is 10.8 Å². The minimum atomic E-state index is -0.530. The molecule has 0 spiro atoms. The molecule has 2 aromatic rings. The zero-order chi connectivity index (χ0) is 18.6. The van der Waals surface area contributed by atoms with Gasteiger partial charge in [0.2, 0.25) is 5.91 Å². The van der Waals surface area contributed by atoms with Crippen LogP contribution in [0.25, 0.3) is 0 Å². The average Bonchev–Trinajstić information content (AvgIpc) is 2.57. The maximum absolute atomic E-state index is 13.7. The van der Waals surface area contributed by atoms with Gasteiger partial charge in [-0.2, -0.15) is 0 Å². The highest BCUT2D eigenvalue weighted by Crippen LogP contribution is 2.30. The van der Waals surface area contributed by atoms with E-state index in [0.29, 0.717) is 11.1 Å². The summed E-state index contributed by atoms with van der Waals surface area (Å²) >= 11 is 0. The van der Waals surface area contributed by atoms with Crippen LogP contribution in [-0.4, -0.2) is 17.4 Å². The van der Waals surface area contributed by atoms with Crippen LogP contribution in [-0.2, 0) is 4.79 Å². The van der Waals surface area contributed by atoms with Crippen molar-refractivity contribution in [1.29, 1.82) is 0 Å². The van der Waals surface area contributed by atoms with Gasteiger partial charge in [0.15, 0.2) is 0 Å². The number of anilines is 1. The summed E-state index contributed by atoms with van der Waals surface area (Å²) in [5.74, 6) is -0.784. The number of hydrogen-bond donors (Lipinski definition) is 2. The van der Waals surface area contributed by atoms with E-state index in [4.69, 9.17) is 0 Å². The fraction of sp³-hybridized carbons (Fsp3) is 0.278. The number of halogens is 1. The van der Waals surface area contributed by atoms with Crippen LogP contribution in [0.3, 0.4) is 0 Å². The van der Waals surface area contributed by atoms with E-state index in [2.05, 4.69) is 10.6 Å². The van der Waals surface area contributed by atoms with E-state index in [1.54, 1.807) is 38.1 Å². The number of nitro benzene ring substituents is 1. The zero-order valence-electron chi connectivity index (χ0n) is 14.3. The van der Waals surface area contributed by atoms with Crippen LogP contribution in [0.5, 0.6) is 0 Å². The lowest BCUT2D eigenvalue weighted by Crippen LogP contribution is -2.31. The highest BCUT2D eigenvalue weighted by atomic mass is 19.1. The van der Waals surface area contributed by atoms with Crippen molar-refractivity contribution in [2.45, 2.75) is 26.8 Å². The number of amides is 1. The lowest BCUT2D eigenvalue weighted by Gasteiger charge is -2.16. The number of rotatable bonds is 6. The predicted octanol–water partition coefficient (Wildman–Crippen LogP) is 3.64. The summed E-state index contributed by atoms with van der Waals surface area (Å²) in [6, 6.07) is 8.94. The van der Waals surface area contributed by atoms with Gasteiger partial charge in [-0.3, -0.25) is 14.9 Å². The average molecular weight is 345 g/mol. The second-order valence-corrected chi connectivity index (χ2v) is 5.83. The van der Waals surface area contributed by atoms with Crippen molar-refractivity contribution in [3.05, 3.63) is 69.0 Å². The molecule has 0 aliphatic rings. The first-order valence-corrected chi connectivity index (χ1v) is 7.83. The third-order valence-electron chi connectivity index (χ3n) is 4.12. The van der Waals surface area contributed by atoms with Gasteiger partial charge in [-0.1, -0.05) is 24.3 Å². The van der Waals surface area contributed by atoms with Gasteiger partial charge in [0.25, 0.3) is 5.69 Å². The molecule has 1 amide bonds. The highest BCUT2D eigenvalue weighted by molar-refractivity contribution is 5.95. The van der Waals surface area contributed by atoms with Gasteiger partial charge >= 0.3 is 0 Å². The second-order valence-electron chi connectivity index (χ2n) is 5.83. The van der Waals surface area contributed by atoms with Crippen LogP contribution in [0.2, 0.25) is 0 Å². The molecule has 2 aromatic carbocycles. The van der Waals surface area contributed by atoms with Gasteiger partial charge in [0, 0.05) is 17.7 Å². The van der Waals surface area contributed by atoms with Gasteiger partial charge < -0.3 is 10.6 Å². The maximum Gasteiger partial charge on any atom is 0.293 e. The Bertz CT molecular complexity index is 808. The predicted molar refractivity (Wildman–Crippen MR) is 94.0 cm³/mol. The summed E-state index contributed by atoms with van der Waals surface area (Å²) in [7, 11) is 0. The van der Waals surface area contributed by atoms with Crippen molar-refractivity contribution < 1.29 is 14.1 Å². The molecular weight excluding hydrogens is 325 g/mol. The van der Waals surface area contributed by atoms with E-state index in [-0.39, 0.29) is 29.8 Å². The molecule has 0 radical (unpaired) electrons. The van der Waals surface area contributed by atoms with Crippen molar-refractivity contribution in [2.75, 3.05) is 11.9 Å². The topological polar surface area (TPSA) is 84.3 Å². The van der Waals surface area contributed by atoms with Crippen LogP contribution >= 0.6 is 0 Å². The van der Waals surface area contributed by atoms with Crippen molar-refractivity contribution in [1.82, 2.24) is 5.32 Å². The first-order valence-electron chi connectivity index (χ1n) is 7.83. The highest BCUT2D eigenvalue weighted by Gasteiger charge is 2.20. The van der Waals surface area contributed by atoms with E-state index in [0.717, 1.165) is 5.56 Å². The van der Waals surface area contributed by atoms with Gasteiger partial charge in [-0.05, 0) is 38.0 Å². The molecule has 0 heterocycles. The molecule has 7 heteroatoms. The first-order chi connectivity index (χ1) is 11.8. The Morgan fingerprint density at radius 2 is 1.92 bits per heavy atom. The number of benzene rings is 2. The molecule has 0 saturated carbocycles. The van der Waals surface area contributed by atoms with Gasteiger partial charge in [-0.15, -0.1) is 0 Å². The van der Waals surface area contributed by atoms with Crippen LogP contribution in [0.4, 0.5) is 15.8 Å². The normalized spacial score (nSPS) is 11.8. The minimum Gasteiger partial charge on any atom is -0.319 e. The SMILES string of the molecule is Cc1ccc([N+](=O)[O-])c(NC(=O)CNC(C)c2ccccc2F)c1C.